The van der Waals surface area contributed by atoms with Gasteiger partial charge in [-0.05, 0) is 30.9 Å². The summed E-state index contributed by atoms with van der Waals surface area (Å²) in [6, 6.07) is 8.05. The van der Waals surface area contributed by atoms with Crippen molar-refractivity contribution in [2.75, 3.05) is 0 Å². The van der Waals surface area contributed by atoms with E-state index in [1.807, 2.05) is 18.2 Å². The normalized spacial score (nSPS) is 22.8. The summed E-state index contributed by atoms with van der Waals surface area (Å²) in [7, 11) is -5.72. The minimum Gasteiger partial charge on any atom is -0.445 e. The Labute approximate surface area is 154 Å². The molecule has 1 amide bonds. The number of fused-ring (bicyclic) bond motifs is 2. The van der Waals surface area contributed by atoms with Gasteiger partial charge in [-0.2, -0.15) is 21.6 Å². The maximum absolute atomic E-state index is 12.5. The van der Waals surface area contributed by atoms with Crippen molar-refractivity contribution in [3.8, 4) is 0 Å². The zero-order valence-corrected chi connectivity index (χ0v) is 15.0. The monoisotopic (exact) mass is 405 g/mol. The predicted octanol–water partition coefficient (Wildman–Crippen LogP) is 3.70. The fraction of sp³-hybridized carbons (Fsp3) is 0.471. The Morgan fingerprint density at radius 1 is 1.19 bits per heavy atom. The van der Waals surface area contributed by atoms with E-state index in [0.29, 0.717) is 12.8 Å². The zero-order chi connectivity index (χ0) is 19.7. The molecule has 2 heterocycles. The lowest BCUT2D eigenvalue weighted by Gasteiger charge is -2.43. The number of ether oxygens (including phenoxy) is 1. The average Bonchev–Trinajstić information content (AvgIpc) is 2.58. The molecule has 6 nitrogen and oxygen atoms in total. The van der Waals surface area contributed by atoms with Crippen molar-refractivity contribution in [3.05, 3.63) is 47.7 Å². The summed E-state index contributed by atoms with van der Waals surface area (Å²) in [5.41, 5.74) is -4.68. The smallest absolute Gasteiger partial charge is 0.445 e. The summed E-state index contributed by atoms with van der Waals surface area (Å²) in [5.74, 6) is -0.283. The standard InChI is InChI=1S/C17H18F3NO5S/c18-17(19,20)27(23,24)26-15-9-13-7-4-8-14(10-15)21(13)16(22)25-11-12-5-2-1-3-6-12/h1-3,5-6,9,13-14H,4,7-8,10-11H2. The highest BCUT2D eigenvalue weighted by atomic mass is 32.2. The van der Waals surface area contributed by atoms with Gasteiger partial charge in [-0.3, -0.25) is 4.90 Å². The van der Waals surface area contributed by atoms with E-state index in [4.69, 9.17) is 4.74 Å². The number of rotatable bonds is 4. The van der Waals surface area contributed by atoms with Crippen LogP contribution in [0.15, 0.2) is 42.2 Å². The van der Waals surface area contributed by atoms with Crippen molar-refractivity contribution in [2.45, 2.75) is 49.9 Å². The lowest BCUT2D eigenvalue weighted by molar-refractivity contribution is -0.0530. The van der Waals surface area contributed by atoms with Crippen molar-refractivity contribution in [1.82, 2.24) is 4.90 Å². The van der Waals surface area contributed by atoms with Crippen molar-refractivity contribution < 1.29 is 35.3 Å². The molecule has 2 aliphatic heterocycles. The van der Waals surface area contributed by atoms with E-state index in [2.05, 4.69) is 4.18 Å². The second-order valence-corrected chi connectivity index (χ2v) is 7.96. The number of nitrogens with zero attached hydrogens (tertiary/aromatic N) is 1. The molecule has 2 unspecified atom stereocenters. The van der Waals surface area contributed by atoms with Gasteiger partial charge in [0.05, 0.1) is 6.04 Å². The first kappa shape index (κ1) is 19.5. The lowest BCUT2D eigenvalue weighted by atomic mass is 9.88. The van der Waals surface area contributed by atoms with Crippen LogP contribution in [-0.2, 0) is 25.6 Å². The highest BCUT2D eigenvalue weighted by Gasteiger charge is 2.50. The molecular formula is C17H18F3NO5S. The predicted molar refractivity (Wildman–Crippen MR) is 88.7 cm³/mol. The fourth-order valence-corrected chi connectivity index (χ4v) is 3.82. The van der Waals surface area contributed by atoms with E-state index in [9.17, 15) is 26.4 Å². The summed E-state index contributed by atoms with van der Waals surface area (Å²) in [6.45, 7) is 0.0745. The molecule has 1 fully saturated rings. The van der Waals surface area contributed by atoms with E-state index in [-0.39, 0.29) is 18.8 Å². The molecule has 0 radical (unpaired) electrons. The van der Waals surface area contributed by atoms with Gasteiger partial charge in [0.2, 0.25) is 0 Å². The van der Waals surface area contributed by atoms with Gasteiger partial charge in [0.1, 0.15) is 12.4 Å². The number of amides is 1. The third-order valence-electron chi connectivity index (χ3n) is 4.52. The van der Waals surface area contributed by atoms with Crippen LogP contribution in [0.25, 0.3) is 0 Å². The van der Waals surface area contributed by atoms with Gasteiger partial charge in [-0.15, -0.1) is 0 Å². The first-order chi connectivity index (χ1) is 12.7. The van der Waals surface area contributed by atoms with Crippen LogP contribution < -0.4 is 0 Å². The summed E-state index contributed by atoms with van der Waals surface area (Å²) >= 11 is 0. The average molecular weight is 405 g/mol. The molecule has 0 aliphatic carbocycles. The minimum absolute atomic E-state index is 0.0745. The maximum atomic E-state index is 12.5. The second kappa shape index (κ2) is 7.41. The molecule has 27 heavy (non-hydrogen) atoms. The topological polar surface area (TPSA) is 72.9 Å². The molecule has 0 spiro atoms. The Hall–Kier alpha value is -2.23. The first-order valence-corrected chi connectivity index (χ1v) is 9.78. The van der Waals surface area contributed by atoms with Crippen LogP contribution in [0.5, 0.6) is 0 Å². The molecule has 0 aromatic heterocycles. The Morgan fingerprint density at radius 2 is 1.89 bits per heavy atom. The van der Waals surface area contributed by atoms with Gasteiger partial charge in [-0.25, -0.2) is 4.79 Å². The molecule has 2 atom stereocenters. The molecule has 148 valence electrons. The van der Waals surface area contributed by atoms with Crippen LogP contribution in [0.1, 0.15) is 31.2 Å². The summed E-state index contributed by atoms with van der Waals surface area (Å²) in [5, 5.41) is 0. The molecular weight excluding hydrogens is 387 g/mol. The van der Waals surface area contributed by atoms with Gasteiger partial charge in [-0.1, -0.05) is 30.3 Å². The molecule has 10 heteroatoms. The highest BCUT2D eigenvalue weighted by molar-refractivity contribution is 7.87. The van der Waals surface area contributed by atoms with E-state index in [0.717, 1.165) is 12.0 Å². The van der Waals surface area contributed by atoms with E-state index in [1.165, 1.54) is 11.0 Å². The number of piperidine rings is 1. The number of carbonyl (C=O) groups excluding carboxylic acids is 1. The van der Waals surface area contributed by atoms with Crippen molar-refractivity contribution >= 4 is 16.2 Å². The molecule has 0 saturated carbocycles. The van der Waals surface area contributed by atoms with Crippen LogP contribution >= 0.6 is 0 Å². The molecule has 2 aliphatic rings. The number of benzene rings is 1. The summed E-state index contributed by atoms with van der Waals surface area (Å²) in [4.78, 5) is 13.9. The SMILES string of the molecule is O=C(OCc1ccccc1)N1C2C=C(OS(=O)(=O)C(F)(F)F)CC1CCC2. The molecule has 3 rings (SSSR count). The molecule has 1 aromatic carbocycles. The van der Waals surface area contributed by atoms with Crippen LogP contribution in [0.4, 0.5) is 18.0 Å². The Bertz CT molecular complexity index is 823. The summed E-state index contributed by atoms with van der Waals surface area (Å²) in [6.07, 6.45) is 2.38. The first-order valence-electron chi connectivity index (χ1n) is 8.38. The zero-order valence-electron chi connectivity index (χ0n) is 14.2. The van der Waals surface area contributed by atoms with E-state index >= 15 is 0 Å². The van der Waals surface area contributed by atoms with Crippen molar-refractivity contribution in [3.63, 3.8) is 0 Å². The van der Waals surface area contributed by atoms with E-state index in [1.54, 1.807) is 12.1 Å². The quantitative estimate of drug-likeness (QED) is 0.564. The molecule has 2 bridgehead atoms. The van der Waals surface area contributed by atoms with Crippen LogP contribution in [0, 0.1) is 0 Å². The number of halogens is 3. The Balaban J connectivity index is 1.70. The molecule has 1 aromatic rings. The number of hydrogen-bond acceptors (Lipinski definition) is 5. The van der Waals surface area contributed by atoms with Crippen LogP contribution in [0.2, 0.25) is 0 Å². The van der Waals surface area contributed by atoms with Gasteiger partial charge in [0, 0.05) is 12.5 Å². The van der Waals surface area contributed by atoms with Gasteiger partial charge in [0.25, 0.3) is 0 Å². The highest BCUT2D eigenvalue weighted by Crippen LogP contribution is 2.36. The Morgan fingerprint density at radius 3 is 2.52 bits per heavy atom. The Kier molecular flexibility index (Phi) is 5.36. The van der Waals surface area contributed by atoms with Gasteiger partial charge in [0.15, 0.2) is 0 Å². The third-order valence-corrected chi connectivity index (χ3v) is 5.52. The lowest BCUT2D eigenvalue weighted by Crippen LogP contribution is -2.52. The largest absolute Gasteiger partial charge is 0.534 e. The fourth-order valence-electron chi connectivity index (χ4n) is 3.32. The van der Waals surface area contributed by atoms with Crippen molar-refractivity contribution in [2.24, 2.45) is 0 Å². The van der Waals surface area contributed by atoms with Crippen LogP contribution in [-0.4, -0.2) is 37.0 Å². The van der Waals surface area contributed by atoms with Crippen LogP contribution in [0.3, 0.4) is 0 Å². The second-order valence-electron chi connectivity index (χ2n) is 6.42. The minimum atomic E-state index is -5.72. The number of carbonyl (C=O) groups is 1. The maximum Gasteiger partial charge on any atom is 0.534 e. The van der Waals surface area contributed by atoms with Gasteiger partial charge < -0.3 is 8.92 Å². The van der Waals surface area contributed by atoms with E-state index < -0.39 is 33.8 Å². The van der Waals surface area contributed by atoms with Gasteiger partial charge >= 0.3 is 21.7 Å². The summed E-state index contributed by atoms with van der Waals surface area (Å²) < 4.78 is 69.6. The molecule has 1 saturated heterocycles. The number of alkyl halides is 3. The van der Waals surface area contributed by atoms with Crippen molar-refractivity contribution in [1.29, 1.82) is 0 Å². The third kappa shape index (κ3) is 4.37. The number of hydrogen-bond donors (Lipinski definition) is 0. The molecule has 0 N–H and O–H groups in total.